The molecular formula is C21H26Br2N2O2. The third kappa shape index (κ3) is 7.54. The highest BCUT2D eigenvalue weighted by atomic mass is 79.9. The number of carbonyl (C=O) groups is 1. The minimum Gasteiger partial charge on any atom is -0.492 e. The first kappa shape index (κ1) is 21.8. The van der Waals surface area contributed by atoms with Crippen LogP contribution in [-0.4, -0.2) is 19.2 Å². The van der Waals surface area contributed by atoms with Crippen LogP contribution in [0.15, 0.2) is 51.4 Å². The van der Waals surface area contributed by atoms with Crippen LogP contribution in [0.25, 0.3) is 0 Å². The van der Waals surface area contributed by atoms with Crippen molar-refractivity contribution in [2.75, 3.05) is 13.2 Å². The predicted octanol–water partition coefficient (Wildman–Crippen LogP) is 5.78. The lowest BCUT2D eigenvalue weighted by atomic mass is 9.87. The van der Waals surface area contributed by atoms with Crippen molar-refractivity contribution < 1.29 is 9.53 Å². The summed E-state index contributed by atoms with van der Waals surface area (Å²) in [4.78, 5) is 11.8. The average Bonchev–Trinajstić information content (AvgIpc) is 2.60. The van der Waals surface area contributed by atoms with E-state index in [0.29, 0.717) is 19.7 Å². The van der Waals surface area contributed by atoms with Crippen molar-refractivity contribution in [2.45, 2.75) is 39.2 Å². The van der Waals surface area contributed by atoms with Gasteiger partial charge in [0.25, 0.3) is 0 Å². The third-order valence-corrected chi connectivity index (χ3v) is 5.12. The molecule has 2 aromatic rings. The van der Waals surface area contributed by atoms with E-state index < -0.39 is 0 Å². The van der Waals surface area contributed by atoms with Crippen LogP contribution in [0.3, 0.4) is 0 Å². The molecule has 0 heterocycles. The third-order valence-electron chi connectivity index (χ3n) is 4.00. The first-order chi connectivity index (χ1) is 12.8. The van der Waals surface area contributed by atoms with E-state index >= 15 is 0 Å². The number of carbonyl (C=O) groups excluding carboxylic acids is 1. The molecule has 2 aromatic carbocycles. The van der Waals surface area contributed by atoms with Crippen LogP contribution >= 0.6 is 31.9 Å². The van der Waals surface area contributed by atoms with Gasteiger partial charge in [-0.25, -0.2) is 4.79 Å². The van der Waals surface area contributed by atoms with Crippen molar-refractivity contribution >= 4 is 37.9 Å². The average molecular weight is 498 g/mol. The lowest BCUT2D eigenvalue weighted by Crippen LogP contribution is -2.36. The second kappa shape index (κ2) is 10.1. The molecule has 0 atom stereocenters. The first-order valence-electron chi connectivity index (χ1n) is 8.94. The zero-order valence-corrected chi connectivity index (χ0v) is 19.1. The minimum absolute atomic E-state index is 0.105. The van der Waals surface area contributed by atoms with E-state index in [1.54, 1.807) is 0 Å². The molecule has 0 spiro atoms. The molecule has 2 N–H and O–H groups in total. The Hall–Kier alpha value is -1.53. The summed E-state index contributed by atoms with van der Waals surface area (Å²) in [5.41, 5.74) is 2.41. The summed E-state index contributed by atoms with van der Waals surface area (Å²) in [6, 6.07) is 13.9. The number of rotatable bonds is 7. The van der Waals surface area contributed by atoms with E-state index in [1.165, 1.54) is 5.56 Å². The molecule has 0 aliphatic carbocycles. The van der Waals surface area contributed by atoms with E-state index in [-0.39, 0.29) is 11.4 Å². The van der Waals surface area contributed by atoms with Crippen LogP contribution in [0.1, 0.15) is 38.3 Å². The lowest BCUT2D eigenvalue weighted by Gasteiger charge is -2.20. The summed E-state index contributed by atoms with van der Waals surface area (Å²) in [5, 5.41) is 5.69. The van der Waals surface area contributed by atoms with Gasteiger partial charge in [-0.15, -0.1) is 0 Å². The Bertz CT molecular complexity index is 773. The number of hydrogen-bond donors (Lipinski definition) is 2. The van der Waals surface area contributed by atoms with Gasteiger partial charge in [0.1, 0.15) is 5.75 Å². The molecule has 0 aliphatic heterocycles. The molecule has 27 heavy (non-hydrogen) atoms. The van der Waals surface area contributed by atoms with E-state index in [1.807, 2.05) is 30.3 Å². The minimum atomic E-state index is -0.175. The van der Waals surface area contributed by atoms with Gasteiger partial charge >= 0.3 is 6.03 Å². The van der Waals surface area contributed by atoms with Crippen LogP contribution < -0.4 is 15.4 Å². The molecule has 2 amide bonds. The van der Waals surface area contributed by atoms with E-state index in [4.69, 9.17) is 4.74 Å². The summed E-state index contributed by atoms with van der Waals surface area (Å²) in [6.07, 6.45) is 0.734. The monoisotopic (exact) mass is 496 g/mol. The topological polar surface area (TPSA) is 50.4 Å². The SMILES string of the molecule is CC(C)(C)c1ccc(OCCCNC(=O)NCc2cccc(Br)c2)c(Br)c1. The Morgan fingerprint density at radius 1 is 1.07 bits per heavy atom. The molecule has 0 radical (unpaired) electrons. The molecule has 0 saturated heterocycles. The number of amides is 2. The van der Waals surface area contributed by atoms with Crippen molar-refractivity contribution in [3.8, 4) is 5.75 Å². The Morgan fingerprint density at radius 2 is 1.85 bits per heavy atom. The van der Waals surface area contributed by atoms with Gasteiger partial charge in [-0.3, -0.25) is 0 Å². The van der Waals surface area contributed by atoms with Gasteiger partial charge in [0.2, 0.25) is 0 Å². The fraction of sp³-hybridized carbons (Fsp3) is 0.381. The molecule has 146 valence electrons. The molecule has 0 saturated carbocycles. The highest BCUT2D eigenvalue weighted by Gasteiger charge is 2.15. The Labute approximate surface area is 178 Å². The van der Waals surface area contributed by atoms with Crippen molar-refractivity contribution in [1.82, 2.24) is 10.6 Å². The summed E-state index contributed by atoms with van der Waals surface area (Å²) >= 11 is 6.99. The van der Waals surface area contributed by atoms with Crippen molar-refractivity contribution in [3.63, 3.8) is 0 Å². The second-order valence-corrected chi connectivity index (χ2v) is 9.11. The van der Waals surface area contributed by atoms with Crippen molar-refractivity contribution in [3.05, 3.63) is 62.5 Å². The molecule has 0 aliphatic rings. The maximum atomic E-state index is 11.8. The summed E-state index contributed by atoms with van der Waals surface area (Å²) < 4.78 is 7.76. The fourth-order valence-electron chi connectivity index (χ4n) is 2.43. The van der Waals surface area contributed by atoms with E-state index in [2.05, 4.69) is 75.4 Å². The van der Waals surface area contributed by atoms with Gasteiger partial charge in [0.15, 0.2) is 0 Å². The molecule has 0 aromatic heterocycles. The van der Waals surface area contributed by atoms with Crippen LogP contribution in [0.4, 0.5) is 4.79 Å². The van der Waals surface area contributed by atoms with Crippen molar-refractivity contribution in [2.24, 2.45) is 0 Å². The molecule has 4 nitrogen and oxygen atoms in total. The number of ether oxygens (including phenoxy) is 1. The number of benzene rings is 2. The Kier molecular flexibility index (Phi) is 8.17. The number of nitrogens with one attached hydrogen (secondary N) is 2. The van der Waals surface area contributed by atoms with Crippen LogP contribution in [0.5, 0.6) is 5.75 Å². The van der Waals surface area contributed by atoms with Gasteiger partial charge in [-0.1, -0.05) is 54.9 Å². The van der Waals surface area contributed by atoms with Gasteiger partial charge < -0.3 is 15.4 Å². The normalized spacial score (nSPS) is 11.1. The predicted molar refractivity (Wildman–Crippen MR) is 117 cm³/mol. The highest BCUT2D eigenvalue weighted by molar-refractivity contribution is 9.10. The summed E-state index contributed by atoms with van der Waals surface area (Å²) in [6.45, 7) is 8.14. The lowest BCUT2D eigenvalue weighted by molar-refractivity contribution is 0.238. The molecule has 2 rings (SSSR count). The smallest absolute Gasteiger partial charge is 0.315 e. The molecule has 0 fully saturated rings. The number of urea groups is 1. The largest absolute Gasteiger partial charge is 0.492 e. The molecule has 0 unspecified atom stereocenters. The fourth-order valence-corrected chi connectivity index (χ4v) is 3.37. The zero-order chi connectivity index (χ0) is 19.9. The summed E-state index contributed by atoms with van der Waals surface area (Å²) in [5.74, 6) is 0.821. The van der Waals surface area contributed by atoms with Crippen LogP contribution in [-0.2, 0) is 12.0 Å². The second-order valence-electron chi connectivity index (χ2n) is 7.34. The highest BCUT2D eigenvalue weighted by Crippen LogP contribution is 2.31. The molecule has 6 heteroatoms. The standard InChI is InChI=1S/C21H26Br2N2O2/c1-21(2,3)16-8-9-19(18(23)13-16)27-11-5-10-24-20(26)25-14-15-6-4-7-17(22)12-15/h4,6-9,12-13H,5,10-11,14H2,1-3H3,(H2,24,25,26). The first-order valence-corrected chi connectivity index (χ1v) is 10.5. The number of halogens is 2. The van der Waals surface area contributed by atoms with Crippen LogP contribution in [0, 0.1) is 0 Å². The maximum Gasteiger partial charge on any atom is 0.315 e. The van der Waals surface area contributed by atoms with Gasteiger partial charge in [-0.05, 0) is 63.2 Å². The quantitative estimate of drug-likeness (QED) is 0.476. The van der Waals surface area contributed by atoms with Gasteiger partial charge in [0.05, 0.1) is 11.1 Å². The zero-order valence-electron chi connectivity index (χ0n) is 15.9. The Morgan fingerprint density at radius 3 is 2.52 bits per heavy atom. The van der Waals surface area contributed by atoms with Crippen molar-refractivity contribution in [1.29, 1.82) is 0 Å². The molecular weight excluding hydrogens is 472 g/mol. The summed E-state index contributed by atoms with van der Waals surface area (Å²) in [7, 11) is 0. The van der Waals surface area contributed by atoms with E-state index in [0.717, 1.165) is 26.7 Å². The molecule has 0 bridgehead atoms. The van der Waals surface area contributed by atoms with E-state index in [9.17, 15) is 4.79 Å². The van der Waals surface area contributed by atoms with Crippen LogP contribution in [0.2, 0.25) is 0 Å². The number of hydrogen-bond acceptors (Lipinski definition) is 2. The van der Waals surface area contributed by atoms with Gasteiger partial charge in [0, 0.05) is 17.6 Å². The maximum absolute atomic E-state index is 11.8. The van der Waals surface area contributed by atoms with Gasteiger partial charge in [-0.2, -0.15) is 0 Å². The Balaban J connectivity index is 1.66.